The van der Waals surface area contributed by atoms with E-state index in [0.29, 0.717) is 0 Å². The largest absolute Gasteiger partial charge is 0.550 e. The number of likely N-dealkylation sites (tertiary alicyclic amines) is 1. The Morgan fingerprint density at radius 1 is 1.20 bits per heavy atom. The summed E-state index contributed by atoms with van der Waals surface area (Å²) in [6.07, 6.45) is 3.07. The second kappa shape index (κ2) is 5.14. The van der Waals surface area contributed by atoms with Gasteiger partial charge in [-0.25, -0.2) is 0 Å². The Morgan fingerprint density at radius 2 is 1.73 bits per heavy atom. The zero-order chi connectivity index (χ0) is 11.4. The van der Waals surface area contributed by atoms with E-state index >= 15 is 0 Å². The van der Waals surface area contributed by atoms with E-state index in [1.807, 2.05) is 18.7 Å². The maximum atomic E-state index is 11.8. The van der Waals surface area contributed by atoms with Crippen LogP contribution in [-0.2, 0) is 9.59 Å². The van der Waals surface area contributed by atoms with Crippen LogP contribution in [0.25, 0.3) is 0 Å². The molecule has 4 heteroatoms. The van der Waals surface area contributed by atoms with Crippen molar-refractivity contribution in [2.75, 3.05) is 0 Å². The van der Waals surface area contributed by atoms with E-state index in [-0.39, 0.29) is 30.8 Å². The molecule has 2 atom stereocenters. The average Bonchev–Trinajstić information content (AvgIpc) is 2.14. The first-order valence-corrected chi connectivity index (χ1v) is 5.53. The number of carboxylic acid groups (broad SMARTS) is 1. The molecule has 15 heavy (non-hydrogen) atoms. The summed E-state index contributed by atoms with van der Waals surface area (Å²) >= 11 is 0. The van der Waals surface area contributed by atoms with E-state index in [9.17, 15) is 14.7 Å². The smallest absolute Gasteiger partial charge is 0.223 e. The highest BCUT2D eigenvalue weighted by molar-refractivity contribution is 5.80. The van der Waals surface area contributed by atoms with Crippen LogP contribution in [0.3, 0.4) is 0 Å². The Bertz CT molecular complexity index is 242. The first-order valence-electron chi connectivity index (χ1n) is 5.53. The van der Waals surface area contributed by atoms with Crippen molar-refractivity contribution < 1.29 is 14.7 Å². The van der Waals surface area contributed by atoms with E-state index < -0.39 is 5.97 Å². The van der Waals surface area contributed by atoms with Gasteiger partial charge in [0, 0.05) is 24.5 Å². The molecule has 1 aliphatic heterocycles. The second-order valence-corrected chi connectivity index (χ2v) is 4.30. The van der Waals surface area contributed by atoms with Crippen LogP contribution in [0, 0.1) is 0 Å². The number of carbonyl (C=O) groups excluding carboxylic acids is 2. The molecule has 4 nitrogen and oxygen atoms in total. The fourth-order valence-corrected chi connectivity index (χ4v) is 2.25. The summed E-state index contributed by atoms with van der Waals surface area (Å²) in [6, 6.07) is 0.478. The van der Waals surface area contributed by atoms with Gasteiger partial charge in [0.25, 0.3) is 0 Å². The van der Waals surface area contributed by atoms with Crippen LogP contribution in [0.1, 0.15) is 46.0 Å². The molecule has 1 saturated heterocycles. The van der Waals surface area contributed by atoms with Crippen LogP contribution in [0.5, 0.6) is 0 Å². The molecular formula is C11H18NO3-. The van der Waals surface area contributed by atoms with Crippen LogP contribution in [0.4, 0.5) is 0 Å². The highest BCUT2D eigenvalue weighted by atomic mass is 16.4. The molecule has 0 aromatic carbocycles. The van der Waals surface area contributed by atoms with E-state index in [0.717, 1.165) is 19.3 Å². The number of nitrogens with zero attached hydrogens (tertiary/aromatic N) is 1. The third kappa shape index (κ3) is 3.22. The summed E-state index contributed by atoms with van der Waals surface area (Å²) in [5.74, 6) is -1.21. The summed E-state index contributed by atoms with van der Waals surface area (Å²) in [5, 5.41) is 10.3. The van der Waals surface area contributed by atoms with Gasteiger partial charge < -0.3 is 14.8 Å². The molecule has 0 saturated carbocycles. The van der Waals surface area contributed by atoms with Gasteiger partial charge >= 0.3 is 0 Å². The summed E-state index contributed by atoms with van der Waals surface area (Å²) < 4.78 is 0. The second-order valence-electron chi connectivity index (χ2n) is 4.30. The molecule has 0 bridgehead atoms. The zero-order valence-corrected chi connectivity index (χ0v) is 9.36. The fraction of sp³-hybridized carbons (Fsp3) is 0.818. The van der Waals surface area contributed by atoms with Gasteiger partial charge in [0.1, 0.15) is 0 Å². The first kappa shape index (κ1) is 12.0. The third-order valence-electron chi connectivity index (χ3n) is 3.02. The number of rotatable bonds is 3. The van der Waals surface area contributed by atoms with Crippen molar-refractivity contribution in [1.82, 2.24) is 4.90 Å². The van der Waals surface area contributed by atoms with Crippen molar-refractivity contribution in [3.05, 3.63) is 0 Å². The van der Waals surface area contributed by atoms with Crippen LogP contribution in [0.2, 0.25) is 0 Å². The zero-order valence-electron chi connectivity index (χ0n) is 9.36. The normalized spacial score (nSPS) is 26.4. The van der Waals surface area contributed by atoms with Crippen molar-refractivity contribution in [1.29, 1.82) is 0 Å². The summed E-state index contributed by atoms with van der Waals surface area (Å²) in [5.41, 5.74) is 0. The number of hydrogen-bond donors (Lipinski definition) is 0. The quantitative estimate of drug-likeness (QED) is 0.676. The molecule has 0 radical (unpaired) electrons. The fourth-order valence-electron chi connectivity index (χ4n) is 2.25. The van der Waals surface area contributed by atoms with Gasteiger partial charge in [-0.3, -0.25) is 4.79 Å². The maximum Gasteiger partial charge on any atom is 0.223 e. The Kier molecular flexibility index (Phi) is 4.12. The number of piperidine rings is 1. The van der Waals surface area contributed by atoms with Crippen LogP contribution < -0.4 is 5.11 Å². The van der Waals surface area contributed by atoms with Crippen LogP contribution in [0.15, 0.2) is 0 Å². The Morgan fingerprint density at radius 3 is 2.20 bits per heavy atom. The molecule has 1 rings (SSSR count). The molecule has 1 amide bonds. The summed E-state index contributed by atoms with van der Waals surface area (Å²) in [6.45, 7) is 4.04. The lowest BCUT2D eigenvalue weighted by molar-refractivity contribution is -0.305. The lowest BCUT2D eigenvalue weighted by Crippen LogP contribution is -2.47. The Hall–Kier alpha value is -1.06. The van der Waals surface area contributed by atoms with Gasteiger partial charge in [-0.2, -0.15) is 0 Å². The molecule has 1 heterocycles. The SMILES string of the molecule is C[C@H]1CCC[C@H](C)N1C(=O)CCC(=O)[O-]. The van der Waals surface area contributed by atoms with E-state index in [2.05, 4.69) is 0 Å². The van der Waals surface area contributed by atoms with E-state index in [1.165, 1.54) is 0 Å². The minimum atomic E-state index is -1.15. The number of aliphatic carboxylic acids is 1. The van der Waals surface area contributed by atoms with Gasteiger partial charge in [0.05, 0.1) is 0 Å². The number of hydrogen-bond acceptors (Lipinski definition) is 3. The number of carbonyl (C=O) groups is 2. The average molecular weight is 212 g/mol. The maximum absolute atomic E-state index is 11.8. The van der Waals surface area contributed by atoms with Gasteiger partial charge in [0.2, 0.25) is 5.91 Å². The first-order chi connectivity index (χ1) is 7.02. The molecule has 0 aliphatic carbocycles. The molecule has 1 aliphatic rings. The highest BCUT2D eigenvalue weighted by Gasteiger charge is 2.28. The summed E-state index contributed by atoms with van der Waals surface area (Å²) in [7, 11) is 0. The third-order valence-corrected chi connectivity index (χ3v) is 3.02. The minimum absolute atomic E-state index is 0.0566. The lowest BCUT2D eigenvalue weighted by Gasteiger charge is -2.39. The van der Waals surface area contributed by atoms with Crippen molar-refractivity contribution in [2.45, 2.75) is 58.0 Å². The number of amides is 1. The molecule has 0 aromatic rings. The van der Waals surface area contributed by atoms with Crippen molar-refractivity contribution >= 4 is 11.9 Å². The number of carboxylic acids is 1. The lowest BCUT2D eigenvalue weighted by atomic mass is 9.97. The van der Waals surface area contributed by atoms with Crippen molar-refractivity contribution in [3.63, 3.8) is 0 Å². The van der Waals surface area contributed by atoms with Gasteiger partial charge in [-0.05, 0) is 39.5 Å². The Balaban J connectivity index is 2.51. The predicted molar refractivity (Wildman–Crippen MR) is 53.9 cm³/mol. The topological polar surface area (TPSA) is 60.4 Å². The van der Waals surface area contributed by atoms with Crippen molar-refractivity contribution in [2.24, 2.45) is 0 Å². The standard InChI is InChI=1S/C11H19NO3/c1-8-4-3-5-9(2)12(8)10(13)6-7-11(14)15/h8-9H,3-7H2,1-2H3,(H,14,15)/p-1/t8-,9-/m0/s1. The Labute approximate surface area is 90.3 Å². The van der Waals surface area contributed by atoms with Crippen molar-refractivity contribution in [3.8, 4) is 0 Å². The minimum Gasteiger partial charge on any atom is -0.550 e. The van der Waals surface area contributed by atoms with Gasteiger partial charge in [-0.15, -0.1) is 0 Å². The predicted octanol–water partition coefficient (Wildman–Crippen LogP) is 0.306. The molecule has 0 N–H and O–H groups in total. The van der Waals surface area contributed by atoms with Crippen LogP contribution in [-0.4, -0.2) is 28.9 Å². The molecular weight excluding hydrogens is 194 g/mol. The van der Waals surface area contributed by atoms with Gasteiger partial charge in [0.15, 0.2) is 0 Å². The molecule has 86 valence electrons. The highest BCUT2D eigenvalue weighted by Crippen LogP contribution is 2.23. The molecule has 0 unspecified atom stereocenters. The van der Waals surface area contributed by atoms with E-state index in [4.69, 9.17) is 0 Å². The summed E-state index contributed by atoms with van der Waals surface area (Å²) in [4.78, 5) is 23.9. The molecule has 0 aromatic heterocycles. The molecule has 0 spiro atoms. The van der Waals surface area contributed by atoms with E-state index in [1.54, 1.807) is 0 Å². The van der Waals surface area contributed by atoms with Crippen LogP contribution >= 0.6 is 0 Å². The molecule has 1 fully saturated rings. The monoisotopic (exact) mass is 212 g/mol. The van der Waals surface area contributed by atoms with Gasteiger partial charge in [-0.1, -0.05) is 0 Å².